The third-order valence-electron chi connectivity index (χ3n) is 3.64. The van der Waals surface area contributed by atoms with Crippen LogP contribution in [-0.2, 0) is 9.84 Å². The molecule has 1 aromatic heterocycles. The predicted octanol–water partition coefficient (Wildman–Crippen LogP) is 0.835. The van der Waals surface area contributed by atoms with E-state index in [1.807, 2.05) is 29.2 Å². The molecule has 1 fully saturated rings. The lowest BCUT2D eigenvalue weighted by Crippen LogP contribution is -2.46. The van der Waals surface area contributed by atoms with E-state index in [4.69, 9.17) is 5.73 Å². The molecule has 1 aliphatic heterocycles. The largest absolute Gasteiger partial charge is 0.383 e. The van der Waals surface area contributed by atoms with Crippen LogP contribution >= 0.6 is 0 Å². The van der Waals surface area contributed by atoms with Crippen molar-refractivity contribution in [2.75, 3.05) is 29.5 Å². The SMILES string of the molecule is C[C@H]1CN(c2nc(N)c3ccccc3n2)CCS1(=O)=O. The Morgan fingerprint density at radius 3 is 2.80 bits per heavy atom. The van der Waals surface area contributed by atoms with Crippen molar-refractivity contribution in [2.45, 2.75) is 12.2 Å². The Balaban J connectivity index is 1.99. The first-order valence-corrected chi connectivity index (χ1v) is 8.18. The van der Waals surface area contributed by atoms with Gasteiger partial charge in [-0.15, -0.1) is 0 Å². The fourth-order valence-electron chi connectivity index (χ4n) is 2.37. The number of sulfone groups is 1. The van der Waals surface area contributed by atoms with Crippen LogP contribution in [-0.4, -0.2) is 42.5 Å². The quantitative estimate of drug-likeness (QED) is 0.837. The number of hydrogen-bond donors (Lipinski definition) is 1. The summed E-state index contributed by atoms with van der Waals surface area (Å²) in [5.74, 6) is 1.05. The monoisotopic (exact) mass is 292 g/mol. The second-order valence-electron chi connectivity index (χ2n) is 5.05. The van der Waals surface area contributed by atoms with Gasteiger partial charge in [0, 0.05) is 18.5 Å². The molecule has 0 spiro atoms. The van der Waals surface area contributed by atoms with Gasteiger partial charge in [0.25, 0.3) is 0 Å². The van der Waals surface area contributed by atoms with Crippen molar-refractivity contribution in [3.63, 3.8) is 0 Å². The number of nitrogens with zero attached hydrogens (tertiary/aromatic N) is 3. The van der Waals surface area contributed by atoms with Crippen LogP contribution in [0.3, 0.4) is 0 Å². The first-order chi connectivity index (χ1) is 9.47. The van der Waals surface area contributed by atoms with E-state index in [2.05, 4.69) is 9.97 Å². The number of para-hydroxylation sites is 1. The van der Waals surface area contributed by atoms with Crippen LogP contribution in [0, 0.1) is 0 Å². The van der Waals surface area contributed by atoms with E-state index >= 15 is 0 Å². The van der Waals surface area contributed by atoms with Gasteiger partial charge in [-0.25, -0.2) is 13.4 Å². The Morgan fingerprint density at radius 2 is 2.05 bits per heavy atom. The maximum absolute atomic E-state index is 11.7. The Labute approximate surface area is 117 Å². The molecule has 2 heterocycles. The highest BCUT2D eigenvalue weighted by Crippen LogP contribution is 2.23. The Hall–Kier alpha value is -1.89. The second-order valence-corrected chi connectivity index (χ2v) is 7.59. The third-order valence-corrected chi connectivity index (χ3v) is 5.77. The maximum atomic E-state index is 11.7. The predicted molar refractivity (Wildman–Crippen MR) is 79.4 cm³/mol. The number of nitrogen functional groups attached to an aromatic ring is 1. The zero-order chi connectivity index (χ0) is 14.3. The molecule has 1 saturated heterocycles. The highest BCUT2D eigenvalue weighted by Gasteiger charge is 2.30. The van der Waals surface area contributed by atoms with Crippen molar-refractivity contribution >= 4 is 32.5 Å². The topological polar surface area (TPSA) is 89.2 Å². The average Bonchev–Trinajstić information content (AvgIpc) is 2.42. The number of aromatic nitrogens is 2. The molecule has 6 nitrogen and oxygen atoms in total. The molecular weight excluding hydrogens is 276 g/mol. The minimum atomic E-state index is -2.98. The van der Waals surface area contributed by atoms with Gasteiger partial charge in [0.15, 0.2) is 9.84 Å². The van der Waals surface area contributed by atoms with Crippen LogP contribution < -0.4 is 10.6 Å². The number of rotatable bonds is 1. The molecule has 3 rings (SSSR count). The van der Waals surface area contributed by atoms with Crippen LogP contribution in [0.25, 0.3) is 10.9 Å². The molecule has 0 radical (unpaired) electrons. The van der Waals surface area contributed by atoms with Gasteiger partial charge in [-0.2, -0.15) is 4.98 Å². The summed E-state index contributed by atoms with van der Waals surface area (Å²) in [4.78, 5) is 10.7. The summed E-state index contributed by atoms with van der Waals surface area (Å²) in [6.07, 6.45) is 0. The van der Waals surface area contributed by atoms with E-state index in [1.165, 1.54) is 0 Å². The van der Waals surface area contributed by atoms with Crippen molar-refractivity contribution in [1.29, 1.82) is 0 Å². The third kappa shape index (κ3) is 2.18. The zero-order valence-corrected chi connectivity index (χ0v) is 12.0. The van der Waals surface area contributed by atoms with Crippen LogP contribution in [0.15, 0.2) is 24.3 Å². The summed E-state index contributed by atoms with van der Waals surface area (Å²) >= 11 is 0. The molecule has 106 valence electrons. The highest BCUT2D eigenvalue weighted by atomic mass is 32.2. The molecule has 0 unspecified atom stereocenters. The van der Waals surface area contributed by atoms with Gasteiger partial charge in [-0.1, -0.05) is 12.1 Å². The first-order valence-electron chi connectivity index (χ1n) is 6.46. The minimum absolute atomic E-state index is 0.129. The van der Waals surface area contributed by atoms with E-state index < -0.39 is 15.1 Å². The molecule has 2 aromatic rings. The molecule has 20 heavy (non-hydrogen) atoms. The summed E-state index contributed by atoms with van der Waals surface area (Å²) in [7, 11) is -2.98. The number of fused-ring (bicyclic) bond motifs is 1. The number of benzene rings is 1. The molecule has 1 aromatic carbocycles. The molecule has 0 aliphatic carbocycles. The Kier molecular flexibility index (Phi) is 3.01. The lowest BCUT2D eigenvalue weighted by molar-refractivity contribution is 0.567. The van der Waals surface area contributed by atoms with E-state index in [0.717, 1.165) is 10.9 Å². The normalized spacial score (nSPS) is 22.1. The van der Waals surface area contributed by atoms with Crippen molar-refractivity contribution in [3.8, 4) is 0 Å². The summed E-state index contributed by atoms with van der Waals surface area (Å²) in [5, 5.41) is 0.404. The van der Waals surface area contributed by atoms with Gasteiger partial charge in [0.1, 0.15) is 5.82 Å². The fraction of sp³-hybridized carbons (Fsp3) is 0.385. The summed E-state index contributed by atoms with van der Waals surface area (Å²) in [6.45, 7) is 2.52. The number of hydrogen-bond acceptors (Lipinski definition) is 6. The molecule has 0 amide bonds. The van der Waals surface area contributed by atoms with Crippen molar-refractivity contribution in [3.05, 3.63) is 24.3 Å². The highest BCUT2D eigenvalue weighted by molar-refractivity contribution is 7.92. The van der Waals surface area contributed by atoms with Gasteiger partial charge in [-0.3, -0.25) is 0 Å². The van der Waals surface area contributed by atoms with Gasteiger partial charge in [0.05, 0.1) is 16.5 Å². The van der Waals surface area contributed by atoms with Crippen LogP contribution in [0.5, 0.6) is 0 Å². The maximum Gasteiger partial charge on any atom is 0.227 e. The van der Waals surface area contributed by atoms with E-state index in [1.54, 1.807) is 6.92 Å². The summed E-state index contributed by atoms with van der Waals surface area (Å²) in [6, 6.07) is 7.53. The molecule has 1 aliphatic rings. The van der Waals surface area contributed by atoms with E-state index in [9.17, 15) is 8.42 Å². The number of nitrogens with two attached hydrogens (primary N) is 1. The van der Waals surface area contributed by atoms with Crippen LogP contribution in [0.4, 0.5) is 11.8 Å². The molecule has 0 saturated carbocycles. The lowest BCUT2D eigenvalue weighted by Gasteiger charge is -2.31. The molecule has 7 heteroatoms. The molecule has 1 atom stereocenters. The number of anilines is 2. The van der Waals surface area contributed by atoms with Gasteiger partial charge in [0.2, 0.25) is 5.95 Å². The van der Waals surface area contributed by atoms with Crippen molar-refractivity contribution in [2.24, 2.45) is 0 Å². The van der Waals surface area contributed by atoms with Crippen molar-refractivity contribution < 1.29 is 8.42 Å². The summed E-state index contributed by atoms with van der Waals surface area (Å²) in [5.41, 5.74) is 6.73. The first kappa shape index (κ1) is 13.1. The average molecular weight is 292 g/mol. The van der Waals surface area contributed by atoms with Gasteiger partial charge < -0.3 is 10.6 Å². The Bertz CT molecular complexity index is 760. The lowest BCUT2D eigenvalue weighted by atomic mass is 10.2. The van der Waals surface area contributed by atoms with E-state index in [0.29, 0.717) is 24.9 Å². The zero-order valence-electron chi connectivity index (χ0n) is 11.2. The smallest absolute Gasteiger partial charge is 0.227 e. The van der Waals surface area contributed by atoms with Gasteiger partial charge in [-0.05, 0) is 19.1 Å². The van der Waals surface area contributed by atoms with E-state index in [-0.39, 0.29) is 5.75 Å². The van der Waals surface area contributed by atoms with Crippen molar-refractivity contribution in [1.82, 2.24) is 9.97 Å². The molecular formula is C13H16N4O2S. The fourth-order valence-corrected chi connectivity index (χ4v) is 3.65. The minimum Gasteiger partial charge on any atom is -0.383 e. The summed E-state index contributed by atoms with van der Waals surface area (Å²) < 4.78 is 23.5. The molecule has 0 bridgehead atoms. The van der Waals surface area contributed by atoms with Gasteiger partial charge >= 0.3 is 0 Å². The Morgan fingerprint density at radius 1 is 1.30 bits per heavy atom. The standard InChI is InChI=1S/C13H16N4O2S/c1-9-8-17(6-7-20(9,18)19)13-15-11-5-3-2-4-10(11)12(14)16-13/h2-5,9H,6-8H2,1H3,(H2,14,15,16)/t9-/m0/s1. The van der Waals surface area contributed by atoms with Crippen LogP contribution in [0.1, 0.15) is 6.92 Å². The molecule has 2 N–H and O–H groups in total. The van der Waals surface area contributed by atoms with Crippen LogP contribution in [0.2, 0.25) is 0 Å². The second kappa shape index (κ2) is 4.59.